The molecule has 0 aliphatic carbocycles. The summed E-state index contributed by atoms with van der Waals surface area (Å²) in [6, 6.07) is 0. The van der Waals surface area contributed by atoms with E-state index in [4.69, 9.17) is 23.7 Å². The average Bonchev–Trinajstić information content (AvgIpc) is 3.17. The molecule has 1 atom stereocenters. The van der Waals surface area contributed by atoms with Gasteiger partial charge in [-0.25, -0.2) is 4.79 Å². The Bertz CT molecular complexity index is 772. The Balaban J connectivity index is 6.73. The van der Waals surface area contributed by atoms with Gasteiger partial charge in [-0.3, -0.25) is 0 Å². The fourth-order valence-corrected chi connectivity index (χ4v) is 7.85. The Kier molecular flexibility index (Phi) is 37.7. The monoisotopic (exact) mass is 772 g/mol. The minimum atomic E-state index is -2.86. The molecule has 0 aromatic rings. The summed E-state index contributed by atoms with van der Waals surface area (Å²) >= 11 is 0. The van der Waals surface area contributed by atoms with E-state index in [9.17, 15) is 9.36 Å². The molecular weight excluding hydrogens is 683 g/mol. The predicted octanol–water partition coefficient (Wildman–Crippen LogP) is 14.7. The van der Waals surface area contributed by atoms with Crippen LogP contribution in [0.2, 0.25) is 0 Å². The number of hydrogen-bond acceptors (Lipinski definition) is 7. The van der Waals surface area contributed by atoms with Crippen molar-refractivity contribution in [2.24, 2.45) is 0 Å². The molecule has 8 heteroatoms. The van der Waals surface area contributed by atoms with Gasteiger partial charge in [-0.05, 0) is 32.1 Å². The van der Waals surface area contributed by atoms with Gasteiger partial charge in [0.1, 0.15) is 0 Å². The summed E-state index contributed by atoms with van der Waals surface area (Å²) in [6.07, 6.45) is 33.5. The number of rotatable bonds is 44. The molecule has 0 amide bonds. The van der Waals surface area contributed by atoms with E-state index in [0.29, 0.717) is 19.8 Å². The van der Waals surface area contributed by atoms with E-state index in [1.807, 2.05) is 0 Å². The van der Waals surface area contributed by atoms with Crippen LogP contribution in [0.1, 0.15) is 227 Å². The molecule has 0 bridgehead atoms. The smallest absolute Gasteiger partial charge is 0.319 e. The summed E-state index contributed by atoms with van der Waals surface area (Å²) in [5.41, 5.74) is -2.70. The van der Waals surface area contributed by atoms with Crippen LogP contribution < -0.4 is 0 Å². The van der Waals surface area contributed by atoms with Crippen LogP contribution in [0.4, 0.5) is 0 Å². The second-order valence-electron chi connectivity index (χ2n) is 15.1. The van der Waals surface area contributed by atoms with Crippen molar-refractivity contribution in [2.45, 2.75) is 239 Å². The summed E-state index contributed by atoms with van der Waals surface area (Å²) in [4.78, 5) is 13.5. The second kappa shape index (κ2) is 38.2. The van der Waals surface area contributed by atoms with Gasteiger partial charge in [-0.2, -0.15) is 0 Å². The van der Waals surface area contributed by atoms with E-state index < -0.39 is 24.8 Å². The first-order valence-electron chi connectivity index (χ1n) is 22.8. The van der Waals surface area contributed by atoms with Crippen molar-refractivity contribution in [3.8, 4) is 0 Å². The van der Waals surface area contributed by atoms with Crippen molar-refractivity contribution >= 4 is 13.3 Å². The molecule has 1 unspecified atom stereocenters. The van der Waals surface area contributed by atoms with Crippen LogP contribution in [0.15, 0.2) is 12.7 Å². The zero-order valence-electron chi connectivity index (χ0n) is 35.8. The summed E-state index contributed by atoms with van der Waals surface area (Å²) < 4.78 is 48.4. The normalized spacial score (nSPS) is 12.4. The lowest BCUT2D eigenvalue weighted by molar-refractivity contribution is -0.472. The highest BCUT2D eigenvalue weighted by Gasteiger charge is 2.75. The lowest BCUT2D eigenvalue weighted by Gasteiger charge is -2.40. The number of carbonyl (C=O) groups is 1. The van der Waals surface area contributed by atoms with Crippen LogP contribution in [0.5, 0.6) is 0 Å². The molecule has 0 N–H and O–H groups in total. The SMILES string of the molecule is C=CC(=O)[P+](=O)C(OCCCCCCCC)(OCCCCCCCC)C(OCCCCCCCC)(OCCCCCCCC)OCCCCCCCC. The van der Waals surface area contributed by atoms with Crippen molar-refractivity contribution in [1.82, 2.24) is 0 Å². The minimum absolute atomic E-state index is 0.261. The van der Waals surface area contributed by atoms with Gasteiger partial charge < -0.3 is 23.7 Å². The number of hydrogen-bond donors (Lipinski definition) is 0. The maximum absolute atomic E-state index is 14.7. The van der Waals surface area contributed by atoms with Crippen molar-refractivity contribution < 1.29 is 33.0 Å². The first-order valence-corrected chi connectivity index (χ1v) is 24.0. The van der Waals surface area contributed by atoms with Crippen LogP contribution in [0.25, 0.3) is 0 Å². The fraction of sp³-hybridized carbons (Fsp3) is 0.933. The molecule has 53 heavy (non-hydrogen) atoms. The van der Waals surface area contributed by atoms with Crippen LogP contribution in [-0.4, -0.2) is 50.1 Å². The zero-order valence-corrected chi connectivity index (χ0v) is 36.7. The molecule has 0 spiro atoms. The highest BCUT2D eigenvalue weighted by Crippen LogP contribution is 2.53. The Hall–Kier alpha value is -0.690. The lowest BCUT2D eigenvalue weighted by atomic mass is 10.1. The van der Waals surface area contributed by atoms with Gasteiger partial charge >= 0.3 is 24.8 Å². The van der Waals surface area contributed by atoms with E-state index in [0.717, 1.165) is 102 Å². The Labute approximate surface area is 330 Å². The molecule has 0 heterocycles. The number of unbranched alkanes of at least 4 members (excludes halogenated alkanes) is 25. The molecule has 0 saturated carbocycles. The fourth-order valence-electron chi connectivity index (χ4n) is 6.54. The molecule has 0 aromatic heterocycles. The first kappa shape index (κ1) is 52.3. The topological polar surface area (TPSA) is 80.3 Å². The van der Waals surface area contributed by atoms with E-state index >= 15 is 0 Å². The summed E-state index contributed by atoms with van der Waals surface area (Å²) in [5, 5.41) is 0. The summed E-state index contributed by atoms with van der Waals surface area (Å²) in [6.45, 7) is 16.3. The Morgan fingerprint density at radius 3 is 0.887 bits per heavy atom. The van der Waals surface area contributed by atoms with Crippen molar-refractivity contribution in [2.75, 3.05) is 33.0 Å². The zero-order chi connectivity index (χ0) is 39.1. The maximum Gasteiger partial charge on any atom is 0.495 e. The molecular formula is C45H88O7P+. The molecule has 314 valence electrons. The van der Waals surface area contributed by atoms with E-state index in [1.165, 1.54) is 96.3 Å². The number of carbonyl (C=O) groups excluding carboxylic acids is 1. The Morgan fingerprint density at radius 2 is 0.642 bits per heavy atom. The van der Waals surface area contributed by atoms with Gasteiger partial charge in [0.25, 0.3) is 0 Å². The van der Waals surface area contributed by atoms with E-state index in [-0.39, 0.29) is 13.2 Å². The van der Waals surface area contributed by atoms with Gasteiger partial charge in [-0.1, -0.05) is 206 Å². The highest BCUT2D eigenvalue weighted by atomic mass is 31.1. The van der Waals surface area contributed by atoms with Crippen molar-refractivity contribution in [3.63, 3.8) is 0 Å². The van der Waals surface area contributed by atoms with Gasteiger partial charge in [0.05, 0.1) is 33.0 Å². The highest BCUT2D eigenvalue weighted by molar-refractivity contribution is 7.65. The standard InChI is InChI=1S/C45H88O7P/c1-7-13-18-23-28-33-38-48-44(49-39-34-29-24-19-14-8-2,50-40-35-30-25-20-15-9-3)45(53(47)43(46)12-6,51-41-36-31-26-21-16-10-4)52-42-37-32-27-22-17-11-5/h12H,6-11,13-42H2,1-5H3/q+1. The van der Waals surface area contributed by atoms with Crippen LogP contribution >= 0.6 is 7.80 Å². The van der Waals surface area contributed by atoms with Crippen LogP contribution in [0, 0.1) is 0 Å². The minimum Gasteiger partial charge on any atom is -0.319 e. The lowest BCUT2D eigenvalue weighted by Crippen LogP contribution is -2.61. The second-order valence-corrected chi connectivity index (χ2v) is 16.7. The molecule has 0 fully saturated rings. The average molecular weight is 772 g/mol. The molecule has 0 aliphatic rings. The van der Waals surface area contributed by atoms with Crippen molar-refractivity contribution in [3.05, 3.63) is 12.7 Å². The molecule has 0 aliphatic heterocycles. The summed E-state index contributed by atoms with van der Waals surface area (Å²) in [7, 11) is -2.86. The van der Waals surface area contributed by atoms with Gasteiger partial charge in [0.15, 0.2) is 0 Å². The quantitative estimate of drug-likeness (QED) is 0.0264. The molecule has 0 aromatic carbocycles. The molecule has 0 rings (SSSR count). The molecule has 7 nitrogen and oxygen atoms in total. The van der Waals surface area contributed by atoms with Crippen molar-refractivity contribution in [1.29, 1.82) is 0 Å². The largest absolute Gasteiger partial charge is 0.495 e. The third-order valence-electron chi connectivity index (χ3n) is 9.99. The predicted molar refractivity (Wildman–Crippen MR) is 225 cm³/mol. The molecule has 0 radical (unpaired) electrons. The summed E-state index contributed by atoms with van der Waals surface area (Å²) in [5.74, 6) is -1.96. The maximum atomic E-state index is 14.7. The van der Waals surface area contributed by atoms with Crippen LogP contribution in [0.3, 0.4) is 0 Å². The van der Waals surface area contributed by atoms with Gasteiger partial charge in [-0.15, -0.1) is 0 Å². The third-order valence-corrected chi connectivity index (χ3v) is 11.6. The first-order chi connectivity index (χ1) is 25.9. The third kappa shape index (κ3) is 25.2. The van der Waals surface area contributed by atoms with E-state index in [1.54, 1.807) is 0 Å². The number of ether oxygens (including phenoxy) is 5. The van der Waals surface area contributed by atoms with Crippen LogP contribution in [-0.2, 0) is 33.0 Å². The van der Waals surface area contributed by atoms with E-state index in [2.05, 4.69) is 41.2 Å². The number of allylic oxidation sites excluding steroid dienone is 1. The van der Waals surface area contributed by atoms with Gasteiger partial charge in [0, 0.05) is 6.08 Å². The van der Waals surface area contributed by atoms with Gasteiger partial charge in [0.2, 0.25) is 0 Å². The Morgan fingerprint density at radius 1 is 0.415 bits per heavy atom. The molecule has 0 saturated heterocycles.